The van der Waals surface area contributed by atoms with Crippen molar-refractivity contribution in [2.75, 3.05) is 4.90 Å². The lowest BCUT2D eigenvalue weighted by atomic mass is 9.65. The Bertz CT molecular complexity index is 3310. The quantitative estimate of drug-likeness (QED) is 0.0854. The summed E-state index contributed by atoms with van der Waals surface area (Å²) in [5.41, 5.74) is 14.8. The van der Waals surface area contributed by atoms with Gasteiger partial charge in [0.1, 0.15) is 5.75 Å². The van der Waals surface area contributed by atoms with Gasteiger partial charge in [-0.3, -0.25) is 0 Å². The third-order valence-corrected chi connectivity index (χ3v) is 15.2. The maximum absolute atomic E-state index is 10.2. The molecule has 0 aromatic heterocycles. The first-order valence-electron chi connectivity index (χ1n) is 26.3. The van der Waals surface area contributed by atoms with Gasteiger partial charge >= 0.3 is 0 Å². The van der Waals surface area contributed by atoms with E-state index in [1.54, 1.807) is 0 Å². The highest BCUT2D eigenvalue weighted by Gasteiger charge is 2.51. The molecule has 2 aliphatic rings. The first-order chi connectivity index (χ1) is 35.6. The maximum atomic E-state index is 10.2. The average molecular weight is 934 g/mol. The van der Waals surface area contributed by atoms with Gasteiger partial charge in [-0.25, -0.2) is 0 Å². The van der Waals surface area contributed by atoms with E-state index in [9.17, 15) is 5.26 Å². The maximum Gasteiger partial charge on any atom is 0.178 e. The van der Waals surface area contributed by atoms with Crippen molar-refractivity contribution in [3.8, 4) is 22.9 Å². The monoisotopic (exact) mass is 933 g/mol. The standard InChI is InChI=1S/C69H61N2O/c1-3-5-7-12-23-50-35-39-54(40-36-50)69(55-41-37-51(38-42-55)24-13-8-6-4-2)64-48-59(71(57-29-16-10-17-30-57)58-31-18-11-19-32-58)43-44-62(64)65-60-33-20-21-34-61(60)67-63(66(65)69)45-46-68(72-67,53-26-14-9-15-27-53)56-28-22-25-52(47-56)49-70/h9-11,14-22,25-46,48H,3-8,12-13,23-24H2,1-2H3. The van der Waals surface area contributed by atoms with Gasteiger partial charge in [0.2, 0.25) is 0 Å². The second-order valence-corrected chi connectivity index (χ2v) is 19.7. The number of aryl methyl sites for hydroxylation is 2. The van der Waals surface area contributed by atoms with Crippen LogP contribution in [0.1, 0.15) is 121 Å². The van der Waals surface area contributed by atoms with E-state index in [0.29, 0.717) is 5.56 Å². The molecule has 1 aliphatic carbocycles. The molecule has 1 atom stereocenters. The smallest absolute Gasteiger partial charge is 0.178 e. The van der Waals surface area contributed by atoms with Crippen molar-refractivity contribution < 1.29 is 4.74 Å². The number of benzene rings is 9. The van der Waals surface area contributed by atoms with E-state index in [1.165, 1.54) is 95.9 Å². The summed E-state index contributed by atoms with van der Waals surface area (Å²) in [6.07, 6.45) is 16.5. The van der Waals surface area contributed by atoms with Crippen LogP contribution < -0.4 is 9.64 Å². The van der Waals surface area contributed by atoms with Crippen molar-refractivity contribution in [1.82, 2.24) is 0 Å². The summed E-state index contributed by atoms with van der Waals surface area (Å²) in [5, 5.41) is 12.4. The second kappa shape index (κ2) is 20.4. The number of fused-ring (bicyclic) bond motifs is 8. The molecule has 0 bridgehead atoms. The summed E-state index contributed by atoms with van der Waals surface area (Å²) in [4.78, 5) is 2.39. The minimum Gasteiger partial charge on any atom is -0.472 e. The Morgan fingerprint density at radius 3 is 1.68 bits per heavy atom. The molecule has 1 radical (unpaired) electrons. The van der Waals surface area contributed by atoms with Crippen molar-refractivity contribution in [1.29, 1.82) is 5.26 Å². The second-order valence-electron chi connectivity index (χ2n) is 19.7. The molecule has 0 saturated heterocycles. The third-order valence-electron chi connectivity index (χ3n) is 15.2. The minimum absolute atomic E-state index is 0.470. The van der Waals surface area contributed by atoms with Crippen LogP contribution in [0.3, 0.4) is 0 Å². The normalized spacial score (nSPS) is 15.0. The van der Waals surface area contributed by atoms with Crippen LogP contribution >= 0.6 is 0 Å². The molecule has 0 spiro atoms. The Labute approximate surface area is 426 Å². The van der Waals surface area contributed by atoms with E-state index in [0.717, 1.165) is 63.1 Å². The Balaban J connectivity index is 1.22. The Morgan fingerprint density at radius 1 is 0.528 bits per heavy atom. The summed E-state index contributed by atoms with van der Waals surface area (Å²) in [5.74, 6) is 0.819. The van der Waals surface area contributed by atoms with E-state index in [1.807, 2.05) is 24.3 Å². The highest BCUT2D eigenvalue weighted by atomic mass is 16.5. The van der Waals surface area contributed by atoms with Crippen LogP contribution in [0.2, 0.25) is 0 Å². The fourth-order valence-corrected chi connectivity index (χ4v) is 11.7. The van der Waals surface area contributed by atoms with Gasteiger partial charge in [0, 0.05) is 45.2 Å². The molecule has 3 heteroatoms. The Morgan fingerprint density at radius 2 is 1.10 bits per heavy atom. The highest BCUT2D eigenvalue weighted by Crippen LogP contribution is 2.63. The zero-order valence-electron chi connectivity index (χ0n) is 41.6. The number of anilines is 3. The van der Waals surface area contributed by atoms with E-state index in [4.69, 9.17) is 4.74 Å². The van der Waals surface area contributed by atoms with Crippen molar-refractivity contribution >= 4 is 33.9 Å². The Kier molecular flexibility index (Phi) is 13.2. The molecule has 3 nitrogen and oxygen atoms in total. The van der Waals surface area contributed by atoms with Crippen molar-refractivity contribution in [2.45, 2.75) is 89.1 Å². The zero-order valence-corrected chi connectivity index (χ0v) is 41.6. The lowest BCUT2D eigenvalue weighted by Gasteiger charge is -2.40. The number of nitrogens with zero attached hydrogens (tertiary/aromatic N) is 2. The van der Waals surface area contributed by atoms with Gasteiger partial charge in [0.05, 0.1) is 17.0 Å². The molecule has 9 aromatic rings. The summed E-state index contributed by atoms with van der Waals surface area (Å²) in [6, 6.07) is 78.8. The van der Waals surface area contributed by atoms with Crippen LogP contribution in [-0.4, -0.2) is 0 Å². The summed E-state index contributed by atoms with van der Waals surface area (Å²) >= 11 is 0. The molecule has 9 aromatic carbocycles. The molecule has 353 valence electrons. The lowest BCUT2D eigenvalue weighted by molar-refractivity contribution is 0.163. The largest absolute Gasteiger partial charge is 0.472 e. The molecule has 1 unspecified atom stereocenters. The number of hydrogen-bond acceptors (Lipinski definition) is 3. The van der Waals surface area contributed by atoms with Gasteiger partial charge in [-0.05, 0) is 124 Å². The molecule has 0 saturated carbocycles. The molecule has 1 heterocycles. The molecule has 0 amide bonds. The fraction of sp³-hybridized carbons (Fsp3) is 0.203. The fourth-order valence-electron chi connectivity index (χ4n) is 11.7. The van der Waals surface area contributed by atoms with Crippen molar-refractivity contribution in [3.05, 3.63) is 268 Å². The lowest BCUT2D eigenvalue weighted by Crippen LogP contribution is -2.36. The van der Waals surface area contributed by atoms with Crippen LogP contribution in [0.15, 0.2) is 206 Å². The predicted octanol–water partition coefficient (Wildman–Crippen LogP) is 17.9. The van der Waals surface area contributed by atoms with Gasteiger partial charge in [-0.15, -0.1) is 0 Å². The highest BCUT2D eigenvalue weighted by molar-refractivity contribution is 6.10. The topological polar surface area (TPSA) is 36.3 Å². The van der Waals surface area contributed by atoms with Crippen LogP contribution in [0.4, 0.5) is 17.1 Å². The molecular formula is C69H61N2O. The molecule has 1 aliphatic heterocycles. The third kappa shape index (κ3) is 8.29. The van der Waals surface area contributed by atoms with Gasteiger partial charge in [0.25, 0.3) is 0 Å². The average Bonchev–Trinajstić information content (AvgIpc) is 3.77. The van der Waals surface area contributed by atoms with E-state index >= 15 is 0 Å². The molecular weight excluding hydrogens is 873 g/mol. The summed E-state index contributed by atoms with van der Waals surface area (Å²) in [6.45, 7) is 4.56. The van der Waals surface area contributed by atoms with Crippen LogP contribution in [0.25, 0.3) is 28.0 Å². The number of rotatable bonds is 17. The molecule has 72 heavy (non-hydrogen) atoms. The minimum atomic E-state index is -1.07. The van der Waals surface area contributed by atoms with Crippen molar-refractivity contribution in [3.63, 3.8) is 0 Å². The zero-order chi connectivity index (χ0) is 48.9. The van der Waals surface area contributed by atoms with Gasteiger partial charge < -0.3 is 9.64 Å². The van der Waals surface area contributed by atoms with E-state index < -0.39 is 11.0 Å². The van der Waals surface area contributed by atoms with Crippen LogP contribution in [-0.2, 0) is 23.9 Å². The number of ether oxygens (including phenoxy) is 1. The van der Waals surface area contributed by atoms with Crippen LogP contribution in [0, 0.1) is 17.4 Å². The number of nitriles is 1. The van der Waals surface area contributed by atoms with E-state index in [-0.39, 0.29) is 0 Å². The molecule has 11 rings (SSSR count). The number of hydrogen-bond donors (Lipinski definition) is 0. The van der Waals surface area contributed by atoms with Crippen LogP contribution in [0.5, 0.6) is 5.75 Å². The number of para-hydroxylation sites is 2. The van der Waals surface area contributed by atoms with Crippen molar-refractivity contribution in [2.24, 2.45) is 0 Å². The SMILES string of the molecule is CCCCCCc1ccc(C2(c3ccc(CCCCCC)cc3)c3cc(N(c4ccccc4)c4ccccc4)ccc3-c3c2c2c(c4ccccc34)OC(c3[c]c(C#N)ccc3)(c3ccccc3)C=C2)cc1. The molecule has 0 N–H and O–H groups in total. The van der Waals surface area contributed by atoms with E-state index in [2.05, 4.69) is 219 Å². The number of unbranched alkanes of at least 4 members (excludes halogenated alkanes) is 6. The van der Waals surface area contributed by atoms with Gasteiger partial charge in [0.15, 0.2) is 5.60 Å². The summed E-state index contributed by atoms with van der Waals surface area (Å²) in [7, 11) is 0. The first kappa shape index (κ1) is 46.5. The van der Waals surface area contributed by atoms with Gasteiger partial charge in [-0.2, -0.15) is 5.26 Å². The Hall–Kier alpha value is -7.93. The predicted molar refractivity (Wildman–Crippen MR) is 299 cm³/mol. The molecule has 0 fully saturated rings. The van der Waals surface area contributed by atoms with Gasteiger partial charge in [-0.1, -0.05) is 216 Å². The summed E-state index contributed by atoms with van der Waals surface area (Å²) < 4.78 is 7.80. The first-order valence-corrected chi connectivity index (χ1v) is 26.3.